The molecule has 0 radical (unpaired) electrons. The Morgan fingerprint density at radius 1 is 1.60 bits per heavy atom. The lowest BCUT2D eigenvalue weighted by atomic mass is 10.2. The number of hydrogen-bond acceptors (Lipinski definition) is 2. The van der Waals surface area contributed by atoms with Gasteiger partial charge in [-0.15, -0.1) is 0 Å². The summed E-state index contributed by atoms with van der Waals surface area (Å²) in [7, 11) is 0. The first-order chi connectivity index (χ1) is 6.94. The van der Waals surface area contributed by atoms with Crippen molar-refractivity contribution in [1.82, 2.24) is 4.90 Å². The van der Waals surface area contributed by atoms with Gasteiger partial charge in [-0.25, -0.2) is 11.4 Å². The Balaban J connectivity index is 2.56. The average molecular weight is 210 g/mol. The van der Waals surface area contributed by atoms with E-state index in [-0.39, 0.29) is 12.1 Å². The third-order valence-electron chi connectivity index (χ3n) is 2.31. The van der Waals surface area contributed by atoms with Gasteiger partial charge < -0.3 is 9.58 Å². The van der Waals surface area contributed by atoms with Gasteiger partial charge in [0.2, 0.25) is 6.54 Å². The smallest absolute Gasteiger partial charge is 0.410 e. The van der Waals surface area contributed by atoms with Crippen LogP contribution < -0.4 is 0 Å². The fourth-order valence-corrected chi connectivity index (χ4v) is 1.69. The van der Waals surface area contributed by atoms with E-state index in [4.69, 9.17) is 11.3 Å². The highest BCUT2D eigenvalue weighted by molar-refractivity contribution is 5.69. The van der Waals surface area contributed by atoms with Gasteiger partial charge in [-0.3, -0.25) is 4.90 Å². The van der Waals surface area contributed by atoms with E-state index < -0.39 is 5.60 Å². The van der Waals surface area contributed by atoms with Crippen LogP contribution in [0.2, 0.25) is 0 Å². The molecular formula is C11H18N2O2. The zero-order valence-electron chi connectivity index (χ0n) is 9.62. The van der Waals surface area contributed by atoms with Crippen molar-refractivity contribution in [1.29, 1.82) is 0 Å². The van der Waals surface area contributed by atoms with Crippen LogP contribution in [0.4, 0.5) is 4.79 Å². The van der Waals surface area contributed by atoms with Gasteiger partial charge in [-0.1, -0.05) is 0 Å². The minimum absolute atomic E-state index is 0.0531. The Labute approximate surface area is 91.0 Å². The number of carbonyl (C=O) groups excluding carboxylic acids is 1. The summed E-state index contributed by atoms with van der Waals surface area (Å²) < 4.78 is 5.28. The van der Waals surface area contributed by atoms with Crippen LogP contribution >= 0.6 is 0 Å². The molecule has 0 spiro atoms. The van der Waals surface area contributed by atoms with Crippen molar-refractivity contribution in [2.75, 3.05) is 13.1 Å². The molecule has 0 bridgehead atoms. The van der Waals surface area contributed by atoms with E-state index in [0.29, 0.717) is 6.54 Å². The summed E-state index contributed by atoms with van der Waals surface area (Å²) >= 11 is 0. The molecule has 0 aromatic rings. The molecule has 0 aromatic heterocycles. The van der Waals surface area contributed by atoms with E-state index >= 15 is 0 Å². The summed E-state index contributed by atoms with van der Waals surface area (Å²) in [6, 6.07) is 0.0531. The van der Waals surface area contributed by atoms with Crippen molar-refractivity contribution in [2.45, 2.75) is 45.3 Å². The maximum atomic E-state index is 11.7. The van der Waals surface area contributed by atoms with Crippen LogP contribution in [0.5, 0.6) is 0 Å². The first-order valence-electron chi connectivity index (χ1n) is 5.27. The highest BCUT2D eigenvalue weighted by Gasteiger charge is 2.33. The van der Waals surface area contributed by atoms with Crippen molar-refractivity contribution in [3.05, 3.63) is 11.4 Å². The Bertz CT molecular complexity index is 275. The normalized spacial score (nSPS) is 21.2. The van der Waals surface area contributed by atoms with E-state index in [2.05, 4.69) is 4.85 Å². The molecule has 0 N–H and O–H groups in total. The second-order valence-electron chi connectivity index (χ2n) is 4.81. The summed E-state index contributed by atoms with van der Waals surface area (Å²) in [5.41, 5.74) is -0.456. The van der Waals surface area contributed by atoms with E-state index in [1.807, 2.05) is 20.8 Å². The molecule has 1 aliphatic rings. The van der Waals surface area contributed by atoms with Gasteiger partial charge in [0, 0.05) is 6.54 Å². The second kappa shape index (κ2) is 4.52. The molecule has 1 heterocycles. The second-order valence-corrected chi connectivity index (χ2v) is 4.81. The van der Waals surface area contributed by atoms with Crippen molar-refractivity contribution in [3.63, 3.8) is 0 Å². The Morgan fingerprint density at radius 2 is 2.27 bits per heavy atom. The van der Waals surface area contributed by atoms with E-state index in [1.165, 1.54) is 0 Å². The molecule has 0 aliphatic carbocycles. The summed E-state index contributed by atoms with van der Waals surface area (Å²) in [4.78, 5) is 16.8. The summed E-state index contributed by atoms with van der Waals surface area (Å²) in [5.74, 6) is 0. The maximum absolute atomic E-state index is 11.7. The lowest BCUT2D eigenvalue weighted by molar-refractivity contribution is 0.0237. The molecule has 4 heteroatoms. The molecule has 1 atom stereocenters. The van der Waals surface area contributed by atoms with Crippen molar-refractivity contribution in [3.8, 4) is 0 Å². The topological polar surface area (TPSA) is 33.9 Å². The molecule has 0 aromatic carbocycles. The number of nitrogens with zero attached hydrogens (tertiary/aromatic N) is 2. The van der Waals surface area contributed by atoms with Crippen LogP contribution in [0.15, 0.2) is 0 Å². The first kappa shape index (κ1) is 11.8. The predicted octanol–water partition coefficient (Wildman–Crippen LogP) is 2.31. The number of carbonyl (C=O) groups is 1. The number of rotatable bonds is 1. The maximum Gasteiger partial charge on any atom is 0.410 e. The van der Waals surface area contributed by atoms with Crippen molar-refractivity contribution < 1.29 is 9.53 Å². The molecule has 15 heavy (non-hydrogen) atoms. The number of likely N-dealkylation sites (tertiary alicyclic amines) is 1. The molecule has 1 amide bonds. The molecule has 1 unspecified atom stereocenters. The zero-order chi connectivity index (χ0) is 11.5. The highest BCUT2D eigenvalue weighted by Crippen LogP contribution is 2.20. The third kappa shape index (κ3) is 3.43. The molecule has 1 aliphatic heterocycles. The number of amides is 1. The van der Waals surface area contributed by atoms with Crippen LogP contribution in [0.25, 0.3) is 4.85 Å². The molecule has 0 saturated carbocycles. The average Bonchev–Trinajstić information content (AvgIpc) is 2.49. The largest absolute Gasteiger partial charge is 0.444 e. The molecule has 1 rings (SSSR count). The van der Waals surface area contributed by atoms with Crippen LogP contribution in [0, 0.1) is 6.57 Å². The fraction of sp³-hybridized carbons (Fsp3) is 0.818. The van der Waals surface area contributed by atoms with Crippen LogP contribution in [-0.2, 0) is 4.74 Å². The summed E-state index contributed by atoms with van der Waals surface area (Å²) in [6.45, 7) is 13.5. The zero-order valence-corrected chi connectivity index (χ0v) is 9.62. The summed E-state index contributed by atoms with van der Waals surface area (Å²) in [5, 5.41) is 0. The fourth-order valence-electron chi connectivity index (χ4n) is 1.69. The van der Waals surface area contributed by atoms with Gasteiger partial charge in [0.15, 0.2) is 0 Å². The van der Waals surface area contributed by atoms with Crippen LogP contribution in [-0.4, -0.2) is 35.7 Å². The monoisotopic (exact) mass is 210 g/mol. The van der Waals surface area contributed by atoms with Gasteiger partial charge >= 0.3 is 6.09 Å². The quantitative estimate of drug-likeness (QED) is 0.622. The minimum Gasteiger partial charge on any atom is -0.444 e. The Morgan fingerprint density at radius 3 is 2.80 bits per heavy atom. The third-order valence-corrected chi connectivity index (χ3v) is 2.31. The summed E-state index contributed by atoms with van der Waals surface area (Å²) in [6.07, 6.45) is 1.61. The standard InChI is InChI=1S/C11H18N2O2/c1-11(2,3)15-10(14)13-7-5-6-9(13)8-12-4/h9H,5-8H2,1-3H3. The van der Waals surface area contributed by atoms with E-state index in [0.717, 1.165) is 19.4 Å². The molecule has 1 fully saturated rings. The lowest BCUT2D eigenvalue weighted by Crippen LogP contribution is -2.40. The van der Waals surface area contributed by atoms with Crippen molar-refractivity contribution in [2.24, 2.45) is 0 Å². The van der Waals surface area contributed by atoms with Gasteiger partial charge in [0.05, 0.1) is 0 Å². The lowest BCUT2D eigenvalue weighted by Gasteiger charge is -2.26. The first-order valence-corrected chi connectivity index (χ1v) is 5.27. The van der Waals surface area contributed by atoms with Gasteiger partial charge in [-0.2, -0.15) is 0 Å². The minimum atomic E-state index is -0.456. The molecule has 84 valence electrons. The molecular weight excluding hydrogens is 192 g/mol. The van der Waals surface area contributed by atoms with Crippen LogP contribution in [0.1, 0.15) is 33.6 Å². The number of hydrogen-bond donors (Lipinski definition) is 0. The van der Waals surface area contributed by atoms with Crippen molar-refractivity contribution >= 4 is 6.09 Å². The van der Waals surface area contributed by atoms with E-state index in [9.17, 15) is 4.79 Å². The highest BCUT2D eigenvalue weighted by atomic mass is 16.6. The number of ether oxygens (including phenoxy) is 1. The van der Waals surface area contributed by atoms with Gasteiger partial charge in [-0.05, 0) is 33.6 Å². The molecule has 1 saturated heterocycles. The predicted molar refractivity (Wildman–Crippen MR) is 57.4 cm³/mol. The van der Waals surface area contributed by atoms with Gasteiger partial charge in [0.1, 0.15) is 11.6 Å². The molecule has 4 nitrogen and oxygen atoms in total. The van der Waals surface area contributed by atoms with Crippen LogP contribution in [0.3, 0.4) is 0 Å². The Hall–Kier alpha value is -1.24. The Kier molecular flexibility index (Phi) is 3.57. The van der Waals surface area contributed by atoms with E-state index in [1.54, 1.807) is 4.90 Å². The SMILES string of the molecule is [C-]#[N+]CC1CCCN1C(=O)OC(C)(C)C. The van der Waals surface area contributed by atoms with Gasteiger partial charge in [0.25, 0.3) is 0 Å².